The summed E-state index contributed by atoms with van der Waals surface area (Å²) in [4.78, 5) is 28.7. The minimum absolute atomic E-state index is 0.0502. The van der Waals surface area contributed by atoms with Crippen molar-refractivity contribution in [2.24, 2.45) is 0 Å². The number of carbonyl (C=O) groups excluding carboxylic acids is 1. The van der Waals surface area contributed by atoms with Crippen LogP contribution >= 0.6 is 0 Å². The number of anilines is 1. The van der Waals surface area contributed by atoms with E-state index in [0.29, 0.717) is 11.6 Å². The highest BCUT2D eigenvalue weighted by Crippen LogP contribution is 2.17. The third-order valence-corrected chi connectivity index (χ3v) is 5.61. The summed E-state index contributed by atoms with van der Waals surface area (Å²) >= 11 is 0. The molecule has 4 rings (SSSR count). The Morgan fingerprint density at radius 3 is 2.36 bits per heavy atom. The van der Waals surface area contributed by atoms with Crippen LogP contribution in [0, 0.1) is 6.92 Å². The first-order chi connectivity index (χ1) is 13.7. The average molecular weight is 380 g/mol. The number of aromatic nitrogens is 2. The van der Waals surface area contributed by atoms with E-state index in [9.17, 15) is 4.79 Å². The van der Waals surface area contributed by atoms with Crippen molar-refractivity contribution in [3.63, 3.8) is 0 Å². The highest BCUT2D eigenvalue weighted by atomic mass is 16.2. The van der Waals surface area contributed by atoms with Crippen molar-refractivity contribution in [2.45, 2.75) is 32.7 Å². The molecule has 0 aliphatic carbocycles. The van der Waals surface area contributed by atoms with Gasteiger partial charge in [0.05, 0.1) is 0 Å². The summed E-state index contributed by atoms with van der Waals surface area (Å²) in [5.74, 6) is 0.744. The van der Waals surface area contributed by atoms with Gasteiger partial charge < -0.3 is 9.80 Å². The standard InChI is InChI=1S/C22H29N5O/c1-18-16-20(21(28)26-10-6-3-7-11-26)24-22(23-18)27-14-12-25(13-15-27)17-19-8-4-2-5-9-19/h2,4-5,8-9,16H,3,6-7,10-15,17H2,1H3. The van der Waals surface area contributed by atoms with Crippen LogP contribution < -0.4 is 4.90 Å². The highest BCUT2D eigenvalue weighted by molar-refractivity contribution is 5.92. The normalized spacial score (nSPS) is 18.3. The van der Waals surface area contributed by atoms with Crippen molar-refractivity contribution in [3.8, 4) is 0 Å². The zero-order chi connectivity index (χ0) is 19.3. The quantitative estimate of drug-likeness (QED) is 0.818. The lowest BCUT2D eigenvalue weighted by Gasteiger charge is -2.35. The fourth-order valence-corrected chi connectivity index (χ4v) is 4.01. The van der Waals surface area contributed by atoms with Gasteiger partial charge in [0.25, 0.3) is 5.91 Å². The number of hydrogen-bond acceptors (Lipinski definition) is 5. The number of piperazine rings is 1. The zero-order valence-electron chi connectivity index (χ0n) is 16.7. The first kappa shape index (κ1) is 18.9. The van der Waals surface area contributed by atoms with Crippen molar-refractivity contribution in [1.82, 2.24) is 19.8 Å². The molecular weight excluding hydrogens is 350 g/mol. The van der Waals surface area contributed by atoms with Crippen molar-refractivity contribution < 1.29 is 4.79 Å². The van der Waals surface area contributed by atoms with Gasteiger partial charge in [-0.05, 0) is 37.8 Å². The zero-order valence-corrected chi connectivity index (χ0v) is 16.7. The molecule has 0 unspecified atom stereocenters. The van der Waals surface area contributed by atoms with E-state index in [1.807, 2.05) is 17.9 Å². The molecule has 0 saturated carbocycles. The minimum atomic E-state index is 0.0502. The van der Waals surface area contributed by atoms with E-state index < -0.39 is 0 Å². The molecule has 28 heavy (non-hydrogen) atoms. The number of amides is 1. The maximum Gasteiger partial charge on any atom is 0.272 e. The predicted molar refractivity (Wildman–Crippen MR) is 110 cm³/mol. The van der Waals surface area contributed by atoms with Gasteiger partial charge >= 0.3 is 0 Å². The van der Waals surface area contributed by atoms with Gasteiger partial charge in [0.2, 0.25) is 5.95 Å². The van der Waals surface area contributed by atoms with Gasteiger partial charge in [-0.15, -0.1) is 0 Å². The van der Waals surface area contributed by atoms with Crippen molar-refractivity contribution >= 4 is 11.9 Å². The molecule has 1 aromatic heterocycles. The van der Waals surface area contributed by atoms with Crippen molar-refractivity contribution in [2.75, 3.05) is 44.2 Å². The average Bonchev–Trinajstić information content (AvgIpc) is 2.75. The molecule has 2 fully saturated rings. The van der Waals surface area contributed by atoms with Gasteiger partial charge in [-0.2, -0.15) is 0 Å². The Labute approximate surface area is 167 Å². The topological polar surface area (TPSA) is 52.6 Å². The Morgan fingerprint density at radius 1 is 0.929 bits per heavy atom. The summed E-state index contributed by atoms with van der Waals surface area (Å²) < 4.78 is 0. The Kier molecular flexibility index (Phi) is 5.86. The Bertz CT molecular complexity index is 796. The molecule has 1 amide bonds. The maximum absolute atomic E-state index is 12.9. The molecule has 6 nitrogen and oxygen atoms in total. The second-order valence-corrected chi connectivity index (χ2v) is 7.80. The summed E-state index contributed by atoms with van der Waals surface area (Å²) in [5.41, 5.74) is 2.74. The van der Waals surface area contributed by atoms with Crippen LogP contribution in [0.4, 0.5) is 5.95 Å². The third-order valence-electron chi connectivity index (χ3n) is 5.61. The summed E-state index contributed by atoms with van der Waals surface area (Å²) in [6, 6.07) is 12.4. The number of rotatable bonds is 4. The Balaban J connectivity index is 1.40. The molecule has 6 heteroatoms. The number of likely N-dealkylation sites (tertiary alicyclic amines) is 1. The smallest absolute Gasteiger partial charge is 0.272 e. The van der Waals surface area contributed by atoms with Gasteiger partial charge in [0.1, 0.15) is 5.69 Å². The summed E-state index contributed by atoms with van der Waals surface area (Å²) in [7, 11) is 0. The van der Waals surface area contributed by atoms with Gasteiger partial charge in [0, 0.05) is 51.5 Å². The molecule has 2 aliphatic rings. The van der Waals surface area contributed by atoms with E-state index in [2.05, 4.69) is 50.1 Å². The van der Waals surface area contributed by atoms with E-state index in [1.165, 1.54) is 12.0 Å². The lowest BCUT2D eigenvalue weighted by Crippen LogP contribution is -2.46. The third kappa shape index (κ3) is 4.50. The van der Waals surface area contributed by atoms with Crippen LogP contribution in [0.15, 0.2) is 36.4 Å². The van der Waals surface area contributed by atoms with Crippen molar-refractivity contribution in [3.05, 3.63) is 53.3 Å². The molecule has 0 N–H and O–H groups in total. The number of nitrogens with zero attached hydrogens (tertiary/aromatic N) is 5. The molecule has 0 bridgehead atoms. The molecule has 0 spiro atoms. The monoisotopic (exact) mass is 379 g/mol. The first-order valence-corrected chi connectivity index (χ1v) is 10.4. The fraction of sp³-hybridized carbons (Fsp3) is 0.500. The second-order valence-electron chi connectivity index (χ2n) is 7.80. The van der Waals surface area contributed by atoms with Crippen LogP contribution in [-0.4, -0.2) is 64.9 Å². The van der Waals surface area contributed by atoms with Crippen LogP contribution in [0.25, 0.3) is 0 Å². The molecule has 0 atom stereocenters. The van der Waals surface area contributed by atoms with Crippen LogP contribution in [0.5, 0.6) is 0 Å². The number of aryl methyl sites for hydroxylation is 1. The fourth-order valence-electron chi connectivity index (χ4n) is 4.01. The van der Waals surface area contributed by atoms with E-state index in [0.717, 1.165) is 64.3 Å². The number of hydrogen-bond donors (Lipinski definition) is 0. The van der Waals surface area contributed by atoms with Gasteiger partial charge in [-0.3, -0.25) is 9.69 Å². The largest absolute Gasteiger partial charge is 0.338 e. The van der Waals surface area contributed by atoms with Gasteiger partial charge in [-0.1, -0.05) is 30.3 Å². The molecule has 0 radical (unpaired) electrons. The summed E-state index contributed by atoms with van der Waals surface area (Å²) in [6.45, 7) is 8.32. The van der Waals surface area contributed by atoms with Crippen LogP contribution in [-0.2, 0) is 6.54 Å². The maximum atomic E-state index is 12.9. The van der Waals surface area contributed by atoms with E-state index in [1.54, 1.807) is 0 Å². The Hall–Kier alpha value is -2.47. The lowest BCUT2D eigenvalue weighted by molar-refractivity contribution is 0.0718. The molecule has 148 valence electrons. The molecule has 1 aromatic carbocycles. The highest BCUT2D eigenvalue weighted by Gasteiger charge is 2.23. The van der Waals surface area contributed by atoms with Gasteiger partial charge in [0.15, 0.2) is 0 Å². The second kappa shape index (κ2) is 8.69. The molecule has 2 aromatic rings. The summed E-state index contributed by atoms with van der Waals surface area (Å²) in [5, 5.41) is 0. The molecule has 3 heterocycles. The lowest BCUT2D eigenvalue weighted by atomic mass is 10.1. The van der Waals surface area contributed by atoms with Crippen LogP contribution in [0.2, 0.25) is 0 Å². The van der Waals surface area contributed by atoms with Crippen molar-refractivity contribution in [1.29, 1.82) is 0 Å². The van der Waals surface area contributed by atoms with E-state index in [-0.39, 0.29) is 5.91 Å². The SMILES string of the molecule is Cc1cc(C(=O)N2CCCCC2)nc(N2CCN(Cc3ccccc3)CC2)n1. The van der Waals surface area contributed by atoms with E-state index in [4.69, 9.17) is 0 Å². The summed E-state index contributed by atoms with van der Waals surface area (Å²) in [6.07, 6.45) is 3.39. The molecule has 2 aliphatic heterocycles. The number of piperidine rings is 1. The minimum Gasteiger partial charge on any atom is -0.338 e. The molecule has 2 saturated heterocycles. The number of carbonyl (C=O) groups is 1. The first-order valence-electron chi connectivity index (χ1n) is 10.4. The van der Waals surface area contributed by atoms with Crippen LogP contribution in [0.3, 0.4) is 0 Å². The van der Waals surface area contributed by atoms with Crippen LogP contribution in [0.1, 0.15) is 41.0 Å². The number of benzene rings is 1. The molecular formula is C22H29N5O. The van der Waals surface area contributed by atoms with E-state index >= 15 is 0 Å². The van der Waals surface area contributed by atoms with Gasteiger partial charge in [-0.25, -0.2) is 9.97 Å². The predicted octanol–water partition coefficient (Wildman–Crippen LogP) is 2.73. The Morgan fingerprint density at radius 2 is 1.64 bits per heavy atom.